The molecule has 0 atom stereocenters. The molecule has 0 radical (unpaired) electrons. The molecule has 0 aliphatic rings. The number of hydrogen-bond donors (Lipinski definition) is 2. The lowest BCUT2D eigenvalue weighted by Crippen LogP contribution is -2.05. The number of anilines is 2. The van der Waals surface area contributed by atoms with Crippen molar-refractivity contribution in [1.82, 2.24) is 9.97 Å². The summed E-state index contributed by atoms with van der Waals surface area (Å²) < 4.78 is 0. The first-order valence-corrected chi connectivity index (χ1v) is 6.14. The van der Waals surface area contributed by atoms with Crippen molar-refractivity contribution in [2.75, 3.05) is 17.7 Å². The Kier molecular flexibility index (Phi) is 4.23. The fourth-order valence-corrected chi connectivity index (χ4v) is 1.96. The van der Waals surface area contributed by atoms with Gasteiger partial charge in [0.25, 0.3) is 0 Å². The lowest BCUT2D eigenvalue weighted by molar-refractivity contribution is 1.03. The van der Waals surface area contributed by atoms with Crippen LogP contribution in [0.1, 0.15) is 5.69 Å². The molecule has 2 rings (SSSR count). The van der Waals surface area contributed by atoms with Gasteiger partial charge in [-0.15, -0.1) is 0 Å². The number of halogens is 2. The van der Waals surface area contributed by atoms with Gasteiger partial charge in [0.2, 0.25) is 0 Å². The maximum atomic E-state index is 6.07. The van der Waals surface area contributed by atoms with Crippen LogP contribution in [0.15, 0.2) is 30.5 Å². The van der Waals surface area contributed by atoms with Crippen LogP contribution in [-0.4, -0.2) is 17.0 Å². The largest absolute Gasteiger partial charge is 0.372 e. The second-order valence-corrected chi connectivity index (χ2v) is 4.39. The minimum absolute atomic E-state index is 0.481. The Hall–Kier alpha value is -1.52. The van der Waals surface area contributed by atoms with Crippen LogP contribution in [0.2, 0.25) is 10.0 Å². The number of aromatic nitrogens is 2. The Morgan fingerprint density at radius 3 is 2.61 bits per heavy atom. The van der Waals surface area contributed by atoms with Gasteiger partial charge in [0.05, 0.1) is 22.3 Å². The summed E-state index contributed by atoms with van der Waals surface area (Å²) in [7, 11) is 1.75. The summed E-state index contributed by atoms with van der Waals surface area (Å²) in [5, 5.41) is 7.00. The van der Waals surface area contributed by atoms with Crippen LogP contribution in [0, 0.1) is 0 Å². The third-order valence-electron chi connectivity index (χ3n) is 2.33. The van der Waals surface area contributed by atoms with Crippen LogP contribution in [0.5, 0.6) is 0 Å². The molecule has 2 aromatic rings. The van der Waals surface area contributed by atoms with Crippen molar-refractivity contribution in [1.29, 1.82) is 0 Å². The molecule has 0 aromatic carbocycles. The summed E-state index contributed by atoms with van der Waals surface area (Å²) in [6.45, 7) is 0.554. The van der Waals surface area contributed by atoms with Gasteiger partial charge >= 0.3 is 0 Å². The molecule has 0 saturated heterocycles. The van der Waals surface area contributed by atoms with Crippen LogP contribution in [0.25, 0.3) is 0 Å². The van der Waals surface area contributed by atoms with E-state index in [0.717, 1.165) is 5.69 Å². The van der Waals surface area contributed by atoms with Gasteiger partial charge in [-0.3, -0.25) is 4.98 Å². The van der Waals surface area contributed by atoms with Gasteiger partial charge < -0.3 is 10.6 Å². The maximum absolute atomic E-state index is 6.07. The number of nitrogens with zero attached hydrogens (tertiary/aromatic N) is 2. The van der Waals surface area contributed by atoms with E-state index in [1.54, 1.807) is 19.3 Å². The van der Waals surface area contributed by atoms with Crippen LogP contribution >= 0.6 is 23.2 Å². The van der Waals surface area contributed by atoms with E-state index in [1.807, 2.05) is 18.2 Å². The van der Waals surface area contributed by atoms with E-state index in [1.165, 1.54) is 0 Å². The molecule has 4 nitrogen and oxygen atoms in total. The number of hydrogen-bond acceptors (Lipinski definition) is 4. The molecule has 2 aromatic heterocycles. The second kappa shape index (κ2) is 5.89. The molecular formula is C12H12Cl2N4. The fraction of sp³-hybridized carbons (Fsp3) is 0.167. The maximum Gasteiger partial charge on any atom is 0.147 e. The van der Waals surface area contributed by atoms with Gasteiger partial charge in [-0.2, -0.15) is 0 Å². The van der Waals surface area contributed by atoms with Crippen molar-refractivity contribution in [3.63, 3.8) is 0 Å². The first kappa shape index (κ1) is 12.9. The third kappa shape index (κ3) is 3.03. The van der Waals surface area contributed by atoms with Gasteiger partial charge in [-0.25, -0.2) is 4.98 Å². The smallest absolute Gasteiger partial charge is 0.147 e. The molecule has 2 N–H and O–H groups in total. The van der Waals surface area contributed by atoms with E-state index in [2.05, 4.69) is 20.6 Å². The van der Waals surface area contributed by atoms with Gasteiger partial charge in [0.15, 0.2) is 0 Å². The quantitative estimate of drug-likeness (QED) is 0.902. The molecule has 0 saturated carbocycles. The highest BCUT2D eigenvalue weighted by Gasteiger charge is 2.08. The SMILES string of the molecule is CNc1nc(NCc2ccccn2)c(Cl)cc1Cl. The molecule has 2 heterocycles. The average molecular weight is 283 g/mol. The number of nitrogens with one attached hydrogen (secondary N) is 2. The Bertz CT molecular complexity index is 531. The van der Waals surface area contributed by atoms with Gasteiger partial charge in [-0.1, -0.05) is 29.3 Å². The average Bonchev–Trinajstić information content (AvgIpc) is 2.39. The topological polar surface area (TPSA) is 49.8 Å². The summed E-state index contributed by atoms with van der Waals surface area (Å²) in [5.41, 5.74) is 0.913. The molecule has 18 heavy (non-hydrogen) atoms. The van der Waals surface area contributed by atoms with Crippen LogP contribution < -0.4 is 10.6 Å². The predicted molar refractivity (Wildman–Crippen MR) is 75.4 cm³/mol. The zero-order valence-electron chi connectivity index (χ0n) is 9.74. The zero-order chi connectivity index (χ0) is 13.0. The first-order valence-electron chi connectivity index (χ1n) is 5.38. The number of rotatable bonds is 4. The summed E-state index contributed by atoms with van der Waals surface area (Å²) in [6.07, 6.45) is 1.74. The van der Waals surface area contributed by atoms with E-state index in [-0.39, 0.29) is 0 Å². The Balaban J connectivity index is 2.14. The van der Waals surface area contributed by atoms with Crippen molar-refractivity contribution in [3.8, 4) is 0 Å². The summed E-state index contributed by atoms with van der Waals surface area (Å²) in [4.78, 5) is 8.50. The normalized spacial score (nSPS) is 10.2. The molecule has 0 fully saturated rings. The van der Waals surface area contributed by atoms with E-state index < -0.39 is 0 Å². The fourth-order valence-electron chi connectivity index (χ4n) is 1.44. The third-order valence-corrected chi connectivity index (χ3v) is 2.91. The molecule has 0 bridgehead atoms. The van der Waals surface area contributed by atoms with Crippen LogP contribution in [0.4, 0.5) is 11.6 Å². The molecule has 0 aliphatic carbocycles. The predicted octanol–water partition coefficient (Wildman–Crippen LogP) is 3.44. The lowest BCUT2D eigenvalue weighted by atomic mass is 10.3. The molecule has 6 heteroatoms. The standard InChI is InChI=1S/C12H12Cl2N4/c1-15-11-9(13)6-10(14)12(18-11)17-7-8-4-2-3-5-16-8/h2-6H,7H2,1H3,(H2,15,17,18). The van der Waals surface area contributed by atoms with E-state index in [9.17, 15) is 0 Å². The van der Waals surface area contributed by atoms with Crippen molar-refractivity contribution < 1.29 is 0 Å². The van der Waals surface area contributed by atoms with Crippen molar-refractivity contribution in [2.45, 2.75) is 6.54 Å². The minimum Gasteiger partial charge on any atom is -0.372 e. The molecule has 0 amide bonds. The highest BCUT2D eigenvalue weighted by atomic mass is 35.5. The van der Waals surface area contributed by atoms with E-state index in [0.29, 0.717) is 28.2 Å². The van der Waals surface area contributed by atoms with Gasteiger partial charge in [0, 0.05) is 13.2 Å². The molecule has 94 valence electrons. The highest BCUT2D eigenvalue weighted by Crippen LogP contribution is 2.28. The first-order chi connectivity index (χ1) is 8.70. The minimum atomic E-state index is 0.481. The molecular weight excluding hydrogens is 271 g/mol. The Labute approximate surface area is 115 Å². The van der Waals surface area contributed by atoms with Crippen molar-refractivity contribution >= 4 is 34.8 Å². The Morgan fingerprint density at radius 2 is 1.94 bits per heavy atom. The molecule has 0 unspecified atom stereocenters. The highest BCUT2D eigenvalue weighted by molar-refractivity contribution is 6.37. The Morgan fingerprint density at radius 1 is 1.17 bits per heavy atom. The number of pyridine rings is 2. The van der Waals surface area contributed by atoms with Crippen molar-refractivity contribution in [2.24, 2.45) is 0 Å². The van der Waals surface area contributed by atoms with Crippen molar-refractivity contribution in [3.05, 3.63) is 46.2 Å². The summed E-state index contributed by atoms with van der Waals surface area (Å²) >= 11 is 12.0. The van der Waals surface area contributed by atoms with Crippen LogP contribution in [0.3, 0.4) is 0 Å². The van der Waals surface area contributed by atoms with E-state index in [4.69, 9.17) is 23.2 Å². The molecule has 0 aliphatic heterocycles. The zero-order valence-corrected chi connectivity index (χ0v) is 11.3. The lowest BCUT2D eigenvalue weighted by Gasteiger charge is -2.10. The second-order valence-electron chi connectivity index (χ2n) is 3.57. The summed E-state index contributed by atoms with van der Waals surface area (Å²) in [5.74, 6) is 1.17. The summed E-state index contributed by atoms with van der Waals surface area (Å²) in [6, 6.07) is 7.38. The molecule has 0 spiro atoms. The van der Waals surface area contributed by atoms with Gasteiger partial charge in [-0.05, 0) is 18.2 Å². The van der Waals surface area contributed by atoms with Crippen LogP contribution in [-0.2, 0) is 6.54 Å². The van der Waals surface area contributed by atoms with Gasteiger partial charge in [0.1, 0.15) is 11.6 Å². The van der Waals surface area contributed by atoms with E-state index >= 15 is 0 Å². The monoisotopic (exact) mass is 282 g/mol.